The van der Waals surface area contributed by atoms with Gasteiger partial charge >= 0.3 is 6.03 Å². The number of carbonyl (C=O) groups excluding carboxylic acids is 2. The van der Waals surface area contributed by atoms with Crippen LogP contribution >= 0.6 is 11.8 Å². The fraction of sp³-hybridized carbons (Fsp3) is 0.435. The summed E-state index contributed by atoms with van der Waals surface area (Å²) in [6, 6.07) is 1.54. The number of carbonyl (C=O) groups is 2. The number of imide groups is 1. The van der Waals surface area contributed by atoms with Crippen molar-refractivity contribution in [2.75, 3.05) is 12.4 Å². The van der Waals surface area contributed by atoms with Gasteiger partial charge in [-0.25, -0.2) is 26.7 Å². The number of hydrogen-bond donors (Lipinski definition) is 2. The smallest absolute Gasteiger partial charge is 0.328 e. The molecular weight excluding hydrogens is 526 g/mol. The van der Waals surface area contributed by atoms with Crippen LogP contribution in [0.4, 0.5) is 19.3 Å². The van der Waals surface area contributed by atoms with Crippen molar-refractivity contribution in [1.82, 2.24) is 24.3 Å². The molecule has 14 heteroatoms. The summed E-state index contributed by atoms with van der Waals surface area (Å²) < 4.78 is 59.2. The van der Waals surface area contributed by atoms with Crippen LogP contribution in [0.3, 0.4) is 0 Å². The van der Waals surface area contributed by atoms with E-state index in [4.69, 9.17) is 0 Å². The third kappa shape index (κ3) is 4.84. The number of aryl methyl sites for hydroxylation is 1. The number of urea groups is 1. The maximum atomic E-state index is 14.5. The number of nitrogens with one attached hydrogen (secondary N) is 2. The van der Waals surface area contributed by atoms with Crippen LogP contribution in [0.5, 0.6) is 0 Å². The molecule has 1 saturated carbocycles. The number of nitrogens with zero attached hydrogens (tertiary/aromatic N) is 4. The van der Waals surface area contributed by atoms with Crippen molar-refractivity contribution in [3.8, 4) is 0 Å². The topological polar surface area (TPSA) is 117 Å². The van der Waals surface area contributed by atoms with E-state index in [2.05, 4.69) is 15.1 Å². The molecule has 198 valence electrons. The van der Waals surface area contributed by atoms with E-state index >= 15 is 0 Å². The molecule has 2 aromatic rings. The summed E-state index contributed by atoms with van der Waals surface area (Å²) in [5, 5.41) is 5.63. The van der Waals surface area contributed by atoms with E-state index in [-0.39, 0.29) is 28.6 Å². The predicted molar refractivity (Wildman–Crippen MR) is 133 cm³/mol. The van der Waals surface area contributed by atoms with E-state index in [1.165, 1.54) is 28.9 Å². The van der Waals surface area contributed by atoms with Gasteiger partial charge in [-0.3, -0.25) is 14.4 Å². The van der Waals surface area contributed by atoms with Gasteiger partial charge in [-0.2, -0.15) is 5.10 Å². The molecule has 0 bridgehead atoms. The molecule has 0 spiro atoms. The number of benzene rings is 1. The second-order valence-electron chi connectivity index (χ2n) is 9.73. The highest BCUT2D eigenvalue weighted by atomic mass is 32.3. The summed E-state index contributed by atoms with van der Waals surface area (Å²) in [6.45, 7) is 1.49. The number of amides is 3. The zero-order valence-corrected chi connectivity index (χ0v) is 22.0. The molecule has 1 aliphatic carbocycles. The Morgan fingerprint density at radius 2 is 1.84 bits per heavy atom. The Balaban J connectivity index is 1.49. The van der Waals surface area contributed by atoms with Gasteiger partial charge in [-0.1, -0.05) is 11.8 Å². The summed E-state index contributed by atoms with van der Waals surface area (Å²) in [4.78, 5) is 29.3. The van der Waals surface area contributed by atoms with Crippen LogP contribution < -0.4 is 10.0 Å². The number of hydrogen-bond acceptors (Lipinski definition) is 7. The molecule has 2 N–H and O–H groups in total. The minimum atomic E-state index is -3.92. The lowest BCUT2D eigenvalue weighted by atomic mass is 10.0. The molecule has 2 atom stereocenters. The van der Waals surface area contributed by atoms with Crippen LogP contribution in [0, 0.1) is 17.6 Å². The van der Waals surface area contributed by atoms with Crippen molar-refractivity contribution in [1.29, 1.82) is 0 Å². The van der Waals surface area contributed by atoms with Gasteiger partial charge in [-0.15, -0.1) is 0 Å². The summed E-state index contributed by atoms with van der Waals surface area (Å²) in [6.07, 6.45) is 5.96. The van der Waals surface area contributed by atoms with Gasteiger partial charge in [0.05, 0.1) is 18.7 Å². The molecule has 3 amide bonds. The highest BCUT2D eigenvalue weighted by Crippen LogP contribution is 2.46. The lowest BCUT2D eigenvalue weighted by Gasteiger charge is -2.41. The first kappa shape index (κ1) is 25.7. The average molecular weight is 553 g/mol. The Labute approximate surface area is 217 Å². The summed E-state index contributed by atoms with van der Waals surface area (Å²) in [5.74, 6) is -3.16. The molecule has 3 heterocycles. The Kier molecular flexibility index (Phi) is 6.31. The fourth-order valence-corrected chi connectivity index (χ4v) is 7.76. The summed E-state index contributed by atoms with van der Waals surface area (Å²) in [5.41, 5.74) is -0.0599. The predicted octanol–water partition coefficient (Wildman–Crippen LogP) is 2.71. The third-order valence-corrected chi connectivity index (χ3v) is 10.2. The maximum absolute atomic E-state index is 14.5. The van der Waals surface area contributed by atoms with Crippen LogP contribution in [-0.2, 0) is 35.0 Å². The number of rotatable bonds is 8. The highest BCUT2D eigenvalue weighted by Gasteiger charge is 2.52. The molecule has 1 aromatic heterocycles. The number of anilines is 1. The SMILES string of the molecule is CNc1c(F)cc(CN2C(=O)N(Cc3cnn(C)c3)C(=O)C3C=C(S(=O)(=O)NC4(C)CC4)SC32)cc1F. The Morgan fingerprint density at radius 1 is 1.16 bits per heavy atom. The van der Waals surface area contributed by atoms with Crippen LogP contribution in [0.1, 0.15) is 30.9 Å². The molecule has 1 saturated heterocycles. The normalized spacial score (nSPS) is 22.8. The van der Waals surface area contributed by atoms with Gasteiger partial charge in [-0.05, 0) is 43.5 Å². The van der Waals surface area contributed by atoms with Crippen LogP contribution in [-0.4, -0.2) is 57.9 Å². The van der Waals surface area contributed by atoms with Crippen molar-refractivity contribution in [2.45, 2.75) is 43.8 Å². The Bertz CT molecular complexity index is 1400. The molecule has 3 aliphatic rings. The molecule has 37 heavy (non-hydrogen) atoms. The number of thioether (sulfide) groups is 1. The van der Waals surface area contributed by atoms with Crippen molar-refractivity contribution >= 4 is 39.4 Å². The van der Waals surface area contributed by atoms with Crippen molar-refractivity contribution < 1.29 is 26.8 Å². The molecule has 1 aromatic carbocycles. The first-order valence-electron chi connectivity index (χ1n) is 11.6. The first-order valence-corrected chi connectivity index (χ1v) is 13.9. The van der Waals surface area contributed by atoms with Crippen LogP contribution in [0.15, 0.2) is 34.8 Å². The number of sulfonamides is 1. The van der Waals surface area contributed by atoms with Gasteiger partial charge in [0, 0.05) is 37.9 Å². The molecule has 2 aliphatic heterocycles. The number of fused-ring (bicyclic) bond motifs is 1. The van der Waals surface area contributed by atoms with Crippen LogP contribution in [0.2, 0.25) is 0 Å². The van der Waals surface area contributed by atoms with Gasteiger partial charge in [0.25, 0.3) is 0 Å². The molecule has 5 rings (SSSR count). The molecular formula is C23H26F2N6O4S2. The monoisotopic (exact) mass is 552 g/mol. The number of halogens is 2. The van der Waals surface area contributed by atoms with Crippen molar-refractivity contribution in [3.63, 3.8) is 0 Å². The third-order valence-electron chi connectivity index (χ3n) is 6.64. The Morgan fingerprint density at radius 3 is 2.41 bits per heavy atom. The summed E-state index contributed by atoms with van der Waals surface area (Å²) >= 11 is 0.885. The Hall–Kier alpha value is -2.97. The quantitative estimate of drug-likeness (QED) is 0.517. The zero-order chi connectivity index (χ0) is 26.7. The molecule has 2 unspecified atom stereocenters. The minimum absolute atomic E-state index is 0.0482. The average Bonchev–Trinajstić information content (AvgIpc) is 3.19. The molecule has 0 radical (unpaired) electrons. The lowest BCUT2D eigenvalue weighted by Crippen LogP contribution is -2.58. The van der Waals surface area contributed by atoms with Gasteiger partial charge in [0.2, 0.25) is 15.9 Å². The molecule has 10 nitrogen and oxygen atoms in total. The van der Waals surface area contributed by atoms with Crippen LogP contribution in [0.25, 0.3) is 0 Å². The van der Waals surface area contributed by atoms with Gasteiger partial charge in [0.15, 0.2) is 0 Å². The number of aromatic nitrogens is 2. The fourth-order valence-electron chi connectivity index (χ4n) is 4.46. The van der Waals surface area contributed by atoms with Gasteiger partial charge < -0.3 is 10.2 Å². The van der Waals surface area contributed by atoms with Gasteiger partial charge in [0.1, 0.15) is 26.9 Å². The molecule has 2 fully saturated rings. The zero-order valence-electron chi connectivity index (χ0n) is 20.4. The summed E-state index contributed by atoms with van der Waals surface area (Å²) in [7, 11) is -0.834. The van der Waals surface area contributed by atoms with E-state index in [1.54, 1.807) is 20.2 Å². The van der Waals surface area contributed by atoms with Crippen molar-refractivity contribution in [2.24, 2.45) is 13.0 Å². The van der Waals surface area contributed by atoms with E-state index in [1.807, 2.05) is 0 Å². The minimum Gasteiger partial charge on any atom is -0.383 e. The largest absolute Gasteiger partial charge is 0.383 e. The van der Waals surface area contributed by atoms with E-state index < -0.39 is 50.4 Å². The van der Waals surface area contributed by atoms with E-state index in [9.17, 15) is 26.8 Å². The second-order valence-corrected chi connectivity index (χ2v) is 12.8. The second kappa shape index (κ2) is 9.10. The van der Waals surface area contributed by atoms with Crippen molar-refractivity contribution in [3.05, 3.63) is 57.6 Å². The first-order chi connectivity index (χ1) is 17.4. The lowest BCUT2D eigenvalue weighted by molar-refractivity contribution is -0.135. The standard InChI is InChI=1S/C23H26F2N6O4S2/c1-23(4-5-23)28-37(34,35)18-8-15-20(32)30(12-14-9-27-29(3)10-14)22(33)31(21(15)36-18)11-13-6-16(24)19(26-2)17(25)7-13/h6-10,15,21,26,28H,4-5,11-12H2,1-3H3. The maximum Gasteiger partial charge on any atom is 0.328 e. The van der Waals surface area contributed by atoms with E-state index in [0.29, 0.717) is 18.4 Å². The highest BCUT2D eigenvalue weighted by molar-refractivity contribution is 8.18. The van der Waals surface area contributed by atoms with E-state index in [0.717, 1.165) is 28.8 Å².